The molecule has 1 unspecified atom stereocenters. The van der Waals surface area contributed by atoms with E-state index < -0.39 is 5.97 Å². The highest BCUT2D eigenvalue weighted by atomic mass is 79.9. The fourth-order valence-electron chi connectivity index (χ4n) is 2.23. The number of aliphatic carboxylic acids is 1. The van der Waals surface area contributed by atoms with E-state index >= 15 is 0 Å². The van der Waals surface area contributed by atoms with Gasteiger partial charge < -0.3 is 14.9 Å². The lowest BCUT2D eigenvalue weighted by Crippen LogP contribution is -2.09. The molecule has 1 aromatic carbocycles. The molecular weight excluding hydrogens is 300 g/mol. The van der Waals surface area contributed by atoms with Crippen LogP contribution in [0.2, 0.25) is 0 Å². The number of hydrogen-bond acceptors (Lipinski definition) is 3. The molecule has 1 atom stereocenters. The van der Waals surface area contributed by atoms with Crippen LogP contribution in [0.25, 0.3) is 0 Å². The Morgan fingerprint density at radius 1 is 1.56 bits per heavy atom. The number of halogens is 1. The number of rotatable bonds is 5. The zero-order chi connectivity index (χ0) is 13.3. The molecule has 2 N–H and O–H groups in total. The van der Waals surface area contributed by atoms with Crippen molar-refractivity contribution in [2.24, 2.45) is 5.92 Å². The summed E-state index contributed by atoms with van der Waals surface area (Å²) in [5.74, 6) is 0.121. The van der Waals surface area contributed by atoms with Crippen LogP contribution in [-0.4, -0.2) is 23.3 Å². The van der Waals surface area contributed by atoms with Crippen molar-refractivity contribution >= 4 is 21.9 Å². The monoisotopic (exact) mass is 314 g/mol. The summed E-state index contributed by atoms with van der Waals surface area (Å²) in [5, 5.41) is 19.0. The second-order valence-electron chi connectivity index (χ2n) is 4.59. The van der Waals surface area contributed by atoms with Gasteiger partial charge in [0.2, 0.25) is 0 Å². The summed E-state index contributed by atoms with van der Waals surface area (Å²) in [4.78, 5) is 10.9. The van der Waals surface area contributed by atoms with E-state index in [9.17, 15) is 9.90 Å². The van der Waals surface area contributed by atoms with E-state index in [2.05, 4.69) is 15.9 Å². The molecule has 0 spiro atoms. The standard InChI is InChI=1S/C13H15BrO4/c1-18-12-4-9(11(15)6-10(12)14)8(5-13(16)17)7-2-3-7/h4,6-8,15H,2-3,5H2,1H3,(H,16,17). The van der Waals surface area contributed by atoms with Crippen molar-refractivity contribution in [3.05, 3.63) is 22.2 Å². The van der Waals surface area contributed by atoms with E-state index in [1.165, 1.54) is 0 Å². The highest BCUT2D eigenvalue weighted by molar-refractivity contribution is 9.10. The minimum absolute atomic E-state index is 0.0447. The second-order valence-corrected chi connectivity index (χ2v) is 5.44. The average molecular weight is 315 g/mol. The van der Waals surface area contributed by atoms with E-state index in [1.54, 1.807) is 19.2 Å². The smallest absolute Gasteiger partial charge is 0.303 e. The molecule has 98 valence electrons. The maximum Gasteiger partial charge on any atom is 0.303 e. The number of carboxylic acid groups (broad SMARTS) is 1. The Balaban J connectivity index is 2.37. The highest BCUT2D eigenvalue weighted by Gasteiger charge is 2.35. The number of aromatic hydroxyl groups is 1. The van der Waals surface area contributed by atoms with Crippen molar-refractivity contribution in [1.82, 2.24) is 0 Å². The Morgan fingerprint density at radius 3 is 2.72 bits per heavy atom. The molecule has 0 bridgehead atoms. The van der Waals surface area contributed by atoms with Gasteiger partial charge >= 0.3 is 5.97 Å². The van der Waals surface area contributed by atoms with E-state index in [-0.39, 0.29) is 18.1 Å². The first kappa shape index (κ1) is 13.2. The number of phenols is 1. The molecule has 2 rings (SSSR count). The summed E-state index contributed by atoms with van der Waals surface area (Å²) in [7, 11) is 1.55. The van der Waals surface area contributed by atoms with Crippen LogP contribution in [0.5, 0.6) is 11.5 Å². The quantitative estimate of drug-likeness (QED) is 0.876. The molecule has 0 aliphatic heterocycles. The van der Waals surface area contributed by atoms with Crippen LogP contribution < -0.4 is 4.74 Å². The zero-order valence-electron chi connectivity index (χ0n) is 10.0. The van der Waals surface area contributed by atoms with Gasteiger partial charge in [0.1, 0.15) is 11.5 Å². The number of carboxylic acids is 1. The molecule has 5 heteroatoms. The van der Waals surface area contributed by atoms with Gasteiger partial charge in [-0.05, 0) is 46.8 Å². The SMILES string of the molecule is COc1cc(C(CC(=O)O)C2CC2)c(O)cc1Br. The number of benzene rings is 1. The summed E-state index contributed by atoms with van der Waals surface area (Å²) in [6.45, 7) is 0. The third-order valence-corrected chi connectivity index (χ3v) is 3.91. The number of ether oxygens (including phenoxy) is 1. The van der Waals surface area contributed by atoms with E-state index in [0.717, 1.165) is 12.8 Å². The van der Waals surface area contributed by atoms with Crippen molar-refractivity contribution in [2.75, 3.05) is 7.11 Å². The number of hydrogen-bond donors (Lipinski definition) is 2. The third-order valence-electron chi connectivity index (χ3n) is 3.29. The van der Waals surface area contributed by atoms with Gasteiger partial charge in [0.25, 0.3) is 0 Å². The van der Waals surface area contributed by atoms with Crippen LogP contribution in [-0.2, 0) is 4.79 Å². The second kappa shape index (κ2) is 5.18. The average Bonchev–Trinajstić information content (AvgIpc) is 3.10. The Labute approximate surface area is 114 Å². The van der Waals surface area contributed by atoms with Crippen molar-refractivity contribution in [1.29, 1.82) is 0 Å². The summed E-state index contributed by atoms with van der Waals surface area (Å²) in [6.07, 6.45) is 2.09. The van der Waals surface area contributed by atoms with E-state index in [0.29, 0.717) is 21.7 Å². The first-order valence-electron chi connectivity index (χ1n) is 5.81. The van der Waals surface area contributed by atoms with Crippen LogP contribution in [0.15, 0.2) is 16.6 Å². The lowest BCUT2D eigenvalue weighted by Gasteiger charge is -2.17. The first-order valence-corrected chi connectivity index (χ1v) is 6.60. The minimum Gasteiger partial charge on any atom is -0.508 e. The van der Waals surface area contributed by atoms with Gasteiger partial charge in [0, 0.05) is 11.5 Å². The first-order chi connectivity index (χ1) is 8.52. The summed E-state index contributed by atoms with van der Waals surface area (Å²) in [5.41, 5.74) is 0.667. The molecule has 0 heterocycles. The molecule has 1 aliphatic rings. The maximum atomic E-state index is 10.9. The Morgan fingerprint density at radius 2 is 2.22 bits per heavy atom. The molecule has 0 saturated heterocycles. The van der Waals surface area contributed by atoms with Gasteiger partial charge in [-0.3, -0.25) is 4.79 Å². The van der Waals surface area contributed by atoms with Gasteiger partial charge in [0.15, 0.2) is 0 Å². The third kappa shape index (κ3) is 2.77. The van der Waals surface area contributed by atoms with Gasteiger partial charge in [-0.2, -0.15) is 0 Å². The van der Waals surface area contributed by atoms with Gasteiger partial charge in [-0.1, -0.05) is 0 Å². The molecule has 1 fully saturated rings. The topological polar surface area (TPSA) is 66.8 Å². The normalized spacial score (nSPS) is 16.3. The van der Waals surface area contributed by atoms with Crippen molar-refractivity contribution in [3.63, 3.8) is 0 Å². The number of methoxy groups -OCH3 is 1. The highest BCUT2D eigenvalue weighted by Crippen LogP contribution is 2.48. The molecule has 1 saturated carbocycles. The van der Waals surface area contributed by atoms with E-state index in [4.69, 9.17) is 9.84 Å². The minimum atomic E-state index is -0.840. The summed E-state index contributed by atoms with van der Waals surface area (Å²) >= 11 is 3.29. The molecule has 18 heavy (non-hydrogen) atoms. The van der Waals surface area contributed by atoms with Crippen LogP contribution >= 0.6 is 15.9 Å². The van der Waals surface area contributed by atoms with Crippen molar-refractivity contribution in [2.45, 2.75) is 25.2 Å². The largest absolute Gasteiger partial charge is 0.508 e. The van der Waals surface area contributed by atoms with Crippen molar-refractivity contribution in [3.8, 4) is 11.5 Å². The predicted octanol–water partition coefficient (Wildman–Crippen LogP) is 3.13. The molecule has 1 aliphatic carbocycles. The number of carbonyl (C=O) groups is 1. The van der Waals surface area contributed by atoms with Crippen LogP contribution in [0.4, 0.5) is 0 Å². The fourth-order valence-corrected chi connectivity index (χ4v) is 2.72. The molecule has 0 radical (unpaired) electrons. The lowest BCUT2D eigenvalue weighted by atomic mass is 9.90. The lowest BCUT2D eigenvalue weighted by molar-refractivity contribution is -0.137. The molecular formula is C13H15BrO4. The Kier molecular flexibility index (Phi) is 3.80. The zero-order valence-corrected chi connectivity index (χ0v) is 11.6. The van der Waals surface area contributed by atoms with Gasteiger partial charge in [0.05, 0.1) is 18.0 Å². The molecule has 1 aromatic rings. The van der Waals surface area contributed by atoms with Crippen LogP contribution in [0.1, 0.15) is 30.7 Å². The maximum absolute atomic E-state index is 10.9. The van der Waals surface area contributed by atoms with E-state index in [1.807, 2.05) is 0 Å². The molecule has 4 nitrogen and oxygen atoms in total. The Bertz CT molecular complexity index is 468. The predicted molar refractivity (Wildman–Crippen MR) is 70.1 cm³/mol. The van der Waals surface area contributed by atoms with Gasteiger partial charge in [-0.25, -0.2) is 0 Å². The van der Waals surface area contributed by atoms with Crippen LogP contribution in [0.3, 0.4) is 0 Å². The van der Waals surface area contributed by atoms with Crippen LogP contribution in [0, 0.1) is 5.92 Å². The molecule has 0 amide bonds. The number of phenolic OH excluding ortho intramolecular Hbond substituents is 1. The summed E-state index contributed by atoms with van der Waals surface area (Å²) in [6, 6.07) is 3.29. The fraction of sp³-hybridized carbons (Fsp3) is 0.462. The summed E-state index contributed by atoms with van der Waals surface area (Å²) < 4.78 is 5.85. The molecule has 0 aromatic heterocycles. The van der Waals surface area contributed by atoms with Gasteiger partial charge in [-0.15, -0.1) is 0 Å². The van der Waals surface area contributed by atoms with Crippen molar-refractivity contribution < 1.29 is 19.7 Å². The Hall–Kier alpha value is -1.23.